The van der Waals surface area contributed by atoms with Crippen molar-refractivity contribution >= 4 is 11.9 Å². The summed E-state index contributed by atoms with van der Waals surface area (Å²) in [6, 6.07) is 0. The van der Waals surface area contributed by atoms with E-state index < -0.39 is 17.5 Å². The third-order valence-electron chi connectivity index (χ3n) is 4.52. The average Bonchev–Trinajstić information content (AvgIpc) is 2.27. The number of carboxylic acids is 1. The number of aliphatic carboxylic acids is 1. The van der Waals surface area contributed by atoms with Crippen LogP contribution >= 0.6 is 0 Å². The van der Waals surface area contributed by atoms with Crippen molar-refractivity contribution in [3.05, 3.63) is 0 Å². The van der Waals surface area contributed by atoms with Crippen LogP contribution in [-0.2, 0) is 14.3 Å². The van der Waals surface area contributed by atoms with E-state index in [-0.39, 0.29) is 17.3 Å². The van der Waals surface area contributed by atoms with E-state index in [1.54, 1.807) is 0 Å². The fourth-order valence-corrected chi connectivity index (χ4v) is 2.12. The smallest absolute Gasteiger partial charge is 0.309 e. The van der Waals surface area contributed by atoms with Gasteiger partial charge in [0.15, 0.2) is 0 Å². The van der Waals surface area contributed by atoms with Crippen LogP contribution in [0.3, 0.4) is 0 Å². The van der Waals surface area contributed by atoms with Gasteiger partial charge in [0, 0.05) is 5.41 Å². The molecule has 1 fully saturated rings. The Morgan fingerprint density at radius 2 is 1.58 bits per heavy atom. The van der Waals surface area contributed by atoms with Gasteiger partial charge in [0.25, 0.3) is 0 Å². The van der Waals surface area contributed by atoms with Crippen LogP contribution in [0.5, 0.6) is 0 Å². The van der Waals surface area contributed by atoms with Gasteiger partial charge in [-0.3, -0.25) is 9.59 Å². The van der Waals surface area contributed by atoms with E-state index in [1.165, 1.54) is 0 Å². The lowest BCUT2D eigenvalue weighted by molar-refractivity contribution is -0.174. The number of esters is 1. The second-order valence-corrected chi connectivity index (χ2v) is 7.08. The van der Waals surface area contributed by atoms with Crippen molar-refractivity contribution in [1.82, 2.24) is 0 Å². The second kappa shape index (κ2) is 5.51. The Kier molecular flexibility index (Phi) is 4.64. The molecule has 2 unspecified atom stereocenters. The summed E-state index contributed by atoms with van der Waals surface area (Å²) in [7, 11) is 0. The highest BCUT2D eigenvalue weighted by Crippen LogP contribution is 2.36. The van der Waals surface area contributed by atoms with Crippen molar-refractivity contribution in [2.24, 2.45) is 17.3 Å². The summed E-state index contributed by atoms with van der Waals surface area (Å²) < 4.78 is 5.64. The highest BCUT2D eigenvalue weighted by molar-refractivity contribution is 5.76. The van der Waals surface area contributed by atoms with Crippen LogP contribution in [0, 0.1) is 17.3 Å². The van der Waals surface area contributed by atoms with E-state index in [9.17, 15) is 9.59 Å². The molecule has 0 aromatic rings. The Balaban J connectivity index is 2.66. The van der Waals surface area contributed by atoms with Gasteiger partial charge in [0.05, 0.1) is 11.8 Å². The highest BCUT2D eigenvalue weighted by atomic mass is 16.6. The van der Waals surface area contributed by atoms with Crippen LogP contribution in [0.25, 0.3) is 0 Å². The molecule has 1 aliphatic carbocycles. The fraction of sp³-hybridized carbons (Fsp3) is 0.867. The molecule has 0 saturated heterocycles. The zero-order valence-electron chi connectivity index (χ0n) is 12.7. The van der Waals surface area contributed by atoms with Crippen LogP contribution < -0.4 is 0 Å². The third-order valence-corrected chi connectivity index (χ3v) is 4.52. The maximum absolute atomic E-state index is 12.2. The minimum atomic E-state index is -0.799. The van der Waals surface area contributed by atoms with Crippen LogP contribution in [0.15, 0.2) is 0 Å². The maximum Gasteiger partial charge on any atom is 0.309 e. The molecule has 0 radical (unpaired) electrons. The number of carboxylic acid groups (broad SMARTS) is 1. The summed E-state index contributed by atoms with van der Waals surface area (Å²) in [6.45, 7) is 9.90. The normalized spacial score (nSPS) is 24.9. The Bertz CT molecular complexity index is 352. The molecule has 1 rings (SSSR count). The third kappa shape index (κ3) is 3.95. The molecule has 110 valence electrons. The van der Waals surface area contributed by atoms with Crippen molar-refractivity contribution in [2.75, 3.05) is 0 Å². The standard InChI is InChI=1S/C15H26O4/c1-14(2,3)15(4,5)19-13(18)11-8-6-7-10(9-11)12(16)17/h10-11H,6-9H2,1-5H3,(H,16,17). The summed E-state index contributed by atoms with van der Waals surface area (Å²) in [4.78, 5) is 23.2. The molecule has 0 bridgehead atoms. The van der Waals surface area contributed by atoms with Crippen molar-refractivity contribution < 1.29 is 19.4 Å². The quantitative estimate of drug-likeness (QED) is 0.800. The molecule has 19 heavy (non-hydrogen) atoms. The molecule has 2 atom stereocenters. The van der Waals surface area contributed by atoms with E-state index >= 15 is 0 Å². The van der Waals surface area contributed by atoms with Gasteiger partial charge in [-0.1, -0.05) is 27.2 Å². The van der Waals surface area contributed by atoms with Crippen molar-refractivity contribution in [2.45, 2.75) is 65.9 Å². The molecule has 0 aromatic carbocycles. The van der Waals surface area contributed by atoms with E-state index in [2.05, 4.69) is 0 Å². The second-order valence-electron chi connectivity index (χ2n) is 7.08. The van der Waals surface area contributed by atoms with Crippen LogP contribution in [0.1, 0.15) is 60.3 Å². The van der Waals surface area contributed by atoms with Crippen molar-refractivity contribution in [1.29, 1.82) is 0 Å². The summed E-state index contributed by atoms with van der Waals surface area (Å²) in [5.74, 6) is -1.71. The van der Waals surface area contributed by atoms with E-state index in [1.807, 2.05) is 34.6 Å². The highest BCUT2D eigenvalue weighted by Gasteiger charge is 2.39. The Hall–Kier alpha value is -1.06. The largest absolute Gasteiger partial charge is 0.481 e. The molecule has 4 heteroatoms. The SMILES string of the molecule is CC(C)(C)C(C)(C)OC(=O)C1CCCC(C(=O)O)C1. The number of hydrogen-bond donors (Lipinski definition) is 1. The molecule has 1 aliphatic rings. The van der Waals surface area contributed by atoms with Gasteiger partial charge >= 0.3 is 11.9 Å². The maximum atomic E-state index is 12.2. The zero-order valence-corrected chi connectivity index (χ0v) is 12.7. The van der Waals surface area contributed by atoms with Gasteiger partial charge in [-0.05, 0) is 33.1 Å². The fourth-order valence-electron chi connectivity index (χ4n) is 2.12. The topological polar surface area (TPSA) is 63.6 Å². The molecule has 0 spiro atoms. The van der Waals surface area contributed by atoms with E-state index in [0.717, 1.165) is 12.8 Å². The first-order valence-corrected chi connectivity index (χ1v) is 7.00. The lowest BCUT2D eigenvalue weighted by Crippen LogP contribution is -2.43. The lowest BCUT2D eigenvalue weighted by Gasteiger charge is -2.39. The number of ether oxygens (including phenoxy) is 1. The van der Waals surface area contributed by atoms with Gasteiger partial charge in [0.1, 0.15) is 5.60 Å². The minimum Gasteiger partial charge on any atom is -0.481 e. The number of carbonyl (C=O) groups excluding carboxylic acids is 1. The van der Waals surface area contributed by atoms with Crippen LogP contribution in [0.4, 0.5) is 0 Å². The molecule has 0 aromatic heterocycles. The van der Waals surface area contributed by atoms with Gasteiger partial charge < -0.3 is 9.84 Å². The molecule has 0 amide bonds. The van der Waals surface area contributed by atoms with Crippen LogP contribution in [-0.4, -0.2) is 22.6 Å². The Morgan fingerprint density at radius 1 is 1.05 bits per heavy atom. The van der Waals surface area contributed by atoms with Crippen LogP contribution in [0.2, 0.25) is 0 Å². The molecule has 1 N–H and O–H groups in total. The summed E-state index contributed by atoms with van der Waals surface area (Å²) in [5, 5.41) is 9.05. The summed E-state index contributed by atoms with van der Waals surface area (Å²) in [6.07, 6.45) is 2.60. The minimum absolute atomic E-state index is 0.149. The molecule has 0 heterocycles. The molecule has 0 aliphatic heterocycles. The molecule has 1 saturated carbocycles. The van der Waals surface area contributed by atoms with Gasteiger partial charge in [0.2, 0.25) is 0 Å². The summed E-state index contributed by atoms with van der Waals surface area (Å²) >= 11 is 0. The van der Waals surface area contributed by atoms with Gasteiger partial charge in [-0.25, -0.2) is 0 Å². The monoisotopic (exact) mass is 270 g/mol. The first kappa shape index (κ1) is 16.0. The Morgan fingerprint density at radius 3 is 2.05 bits per heavy atom. The van der Waals surface area contributed by atoms with Crippen molar-refractivity contribution in [3.8, 4) is 0 Å². The number of rotatable bonds is 3. The summed E-state index contributed by atoms with van der Waals surface area (Å²) in [5.41, 5.74) is -0.705. The average molecular weight is 270 g/mol. The first-order chi connectivity index (χ1) is 8.54. The number of hydrogen-bond acceptors (Lipinski definition) is 3. The lowest BCUT2D eigenvalue weighted by atomic mass is 9.78. The van der Waals surface area contributed by atoms with Crippen molar-refractivity contribution in [3.63, 3.8) is 0 Å². The van der Waals surface area contributed by atoms with E-state index in [0.29, 0.717) is 12.8 Å². The van der Waals surface area contributed by atoms with E-state index in [4.69, 9.17) is 9.84 Å². The first-order valence-electron chi connectivity index (χ1n) is 7.00. The number of carbonyl (C=O) groups is 2. The van der Waals surface area contributed by atoms with Gasteiger partial charge in [-0.2, -0.15) is 0 Å². The zero-order chi connectivity index (χ0) is 14.8. The Labute approximate surface area is 115 Å². The molecule has 4 nitrogen and oxygen atoms in total. The predicted octanol–water partition coefficient (Wildman–Crippen LogP) is 3.25. The predicted molar refractivity (Wildman–Crippen MR) is 72.7 cm³/mol. The molecular weight excluding hydrogens is 244 g/mol. The molecular formula is C15H26O4. The van der Waals surface area contributed by atoms with Gasteiger partial charge in [-0.15, -0.1) is 0 Å².